The molecular weight excluding hydrogens is 340 g/mol. The first-order valence-corrected chi connectivity index (χ1v) is 9.20. The lowest BCUT2D eigenvalue weighted by Gasteiger charge is -2.33. The Bertz CT molecular complexity index is 717. The van der Waals surface area contributed by atoms with E-state index in [1.54, 1.807) is 12.0 Å². The number of hydrogen-bond acceptors (Lipinski definition) is 3. The van der Waals surface area contributed by atoms with Gasteiger partial charge in [0.15, 0.2) is 0 Å². The number of nitrogens with zero attached hydrogens (tertiary/aromatic N) is 1. The summed E-state index contributed by atoms with van der Waals surface area (Å²) in [5.74, 6) is -0.482. The predicted octanol–water partition coefficient (Wildman–Crippen LogP) is 3.18. The lowest BCUT2D eigenvalue weighted by molar-refractivity contribution is -0.144. The molecule has 0 radical (unpaired) electrons. The van der Waals surface area contributed by atoms with Crippen LogP contribution >= 0.6 is 0 Å². The van der Waals surface area contributed by atoms with Crippen molar-refractivity contribution in [2.45, 2.75) is 26.4 Å². The maximum Gasteiger partial charge on any atom is 0.247 e. The third kappa shape index (κ3) is 5.93. The van der Waals surface area contributed by atoms with Crippen molar-refractivity contribution in [1.29, 1.82) is 0 Å². The lowest BCUT2D eigenvalue weighted by atomic mass is 10.0. The second-order valence-corrected chi connectivity index (χ2v) is 6.70. The fraction of sp³-hybridized carbons (Fsp3) is 0.364. The fourth-order valence-corrected chi connectivity index (χ4v) is 2.89. The topological polar surface area (TPSA) is 58.6 Å². The minimum absolute atomic E-state index is 0.0606. The minimum Gasteiger partial charge on any atom is -0.383 e. The van der Waals surface area contributed by atoms with E-state index in [1.165, 1.54) is 0 Å². The molecule has 144 valence electrons. The van der Waals surface area contributed by atoms with E-state index in [0.717, 1.165) is 11.1 Å². The van der Waals surface area contributed by atoms with Crippen molar-refractivity contribution in [2.75, 3.05) is 20.3 Å². The van der Waals surface area contributed by atoms with Crippen LogP contribution in [0, 0.1) is 5.92 Å². The van der Waals surface area contributed by atoms with Gasteiger partial charge in [0.1, 0.15) is 6.04 Å². The highest BCUT2D eigenvalue weighted by Crippen LogP contribution is 2.25. The van der Waals surface area contributed by atoms with Crippen LogP contribution in [0.25, 0.3) is 0 Å². The fourth-order valence-electron chi connectivity index (χ4n) is 2.89. The molecular formula is C22H28N2O3. The van der Waals surface area contributed by atoms with E-state index in [9.17, 15) is 9.59 Å². The lowest BCUT2D eigenvalue weighted by Crippen LogP contribution is -2.45. The molecule has 5 nitrogen and oxygen atoms in total. The molecule has 0 fully saturated rings. The summed E-state index contributed by atoms with van der Waals surface area (Å²) < 4.78 is 5.02. The molecule has 0 aromatic heterocycles. The highest BCUT2D eigenvalue weighted by atomic mass is 16.5. The van der Waals surface area contributed by atoms with E-state index in [2.05, 4.69) is 5.32 Å². The van der Waals surface area contributed by atoms with Gasteiger partial charge in [-0.15, -0.1) is 0 Å². The van der Waals surface area contributed by atoms with E-state index in [4.69, 9.17) is 4.74 Å². The average molecular weight is 368 g/mol. The van der Waals surface area contributed by atoms with Crippen LogP contribution in [0.2, 0.25) is 0 Å². The summed E-state index contributed by atoms with van der Waals surface area (Å²) >= 11 is 0. The average Bonchev–Trinajstić information content (AvgIpc) is 2.68. The number of carbonyl (C=O) groups excluding carboxylic acids is 2. The summed E-state index contributed by atoms with van der Waals surface area (Å²) in [6.45, 7) is 4.89. The number of rotatable bonds is 9. The van der Waals surface area contributed by atoms with Crippen LogP contribution in [0.1, 0.15) is 31.0 Å². The Kier molecular flexibility index (Phi) is 8.01. The first-order chi connectivity index (χ1) is 13.0. The Morgan fingerprint density at radius 1 is 1.00 bits per heavy atom. The van der Waals surface area contributed by atoms with Crippen LogP contribution < -0.4 is 5.32 Å². The molecule has 0 aliphatic carbocycles. The summed E-state index contributed by atoms with van der Waals surface area (Å²) in [4.78, 5) is 27.7. The van der Waals surface area contributed by atoms with Gasteiger partial charge in [0, 0.05) is 26.1 Å². The first kappa shape index (κ1) is 20.6. The molecule has 0 saturated heterocycles. The zero-order chi connectivity index (χ0) is 19.6. The highest BCUT2D eigenvalue weighted by molar-refractivity contribution is 5.89. The molecule has 0 bridgehead atoms. The van der Waals surface area contributed by atoms with Crippen LogP contribution in [0.3, 0.4) is 0 Å². The number of hydrogen-bond donors (Lipinski definition) is 1. The van der Waals surface area contributed by atoms with E-state index in [-0.39, 0.29) is 17.7 Å². The zero-order valence-corrected chi connectivity index (χ0v) is 16.2. The quantitative estimate of drug-likeness (QED) is 0.692. The number of amides is 2. The SMILES string of the molecule is COCCNC(=O)C(c1ccccc1)N(Cc1ccccc1)C(=O)C(C)C. The Labute approximate surface area is 161 Å². The van der Waals surface area contributed by atoms with Gasteiger partial charge in [-0.05, 0) is 11.1 Å². The molecule has 1 unspecified atom stereocenters. The van der Waals surface area contributed by atoms with Gasteiger partial charge >= 0.3 is 0 Å². The van der Waals surface area contributed by atoms with E-state index in [0.29, 0.717) is 19.7 Å². The van der Waals surface area contributed by atoms with Gasteiger partial charge in [0.05, 0.1) is 6.61 Å². The van der Waals surface area contributed by atoms with Gasteiger partial charge < -0.3 is 15.0 Å². The van der Waals surface area contributed by atoms with Crippen LogP contribution in [0.4, 0.5) is 0 Å². The molecule has 0 aliphatic heterocycles. The second-order valence-electron chi connectivity index (χ2n) is 6.70. The summed E-state index contributed by atoms with van der Waals surface area (Å²) in [5, 5.41) is 2.88. The van der Waals surface area contributed by atoms with Crippen molar-refractivity contribution in [2.24, 2.45) is 5.92 Å². The molecule has 1 atom stereocenters. The third-order valence-corrected chi connectivity index (χ3v) is 4.25. The summed E-state index contributed by atoms with van der Waals surface area (Å²) in [6.07, 6.45) is 0. The van der Waals surface area contributed by atoms with Crippen molar-refractivity contribution < 1.29 is 14.3 Å². The minimum atomic E-state index is -0.696. The van der Waals surface area contributed by atoms with Gasteiger partial charge in [0.25, 0.3) is 0 Å². The Morgan fingerprint density at radius 2 is 1.59 bits per heavy atom. The Hall–Kier alpha value is -2.66. The summed E-state index contributed by atoms with van der Waals surface area (Å²) in [7, 11) is 1.59. The summed E-state index contributed by atoms with van der Waals surface area (Å²) in [6, 6.07) is 18.5. The van der Waals surface area contributed by atoms with E-state index < -0.39 is 6.04 Å². The second kappa shape index (κ2) is 10.5. The highest BCUT2D eigenvalue weighted by Gasteiger charge is 2.32. The monoisotopic (exact) mass is 368 g/mol. The van der Waals surface area contributed by atoms with E-state index in [1.807, 2.05) is 74.5 Å². The number of carbonyl (C=O) groups is 2. The molecule has 5 heteroatoms. The van der Waals surface area contributed by atoms with Gasteiger partial charge in [0.2, 0.25) is 11.8 Å². The molecule has 2 aromatic carbocycles. The van der Waals surface area contributed by atoms with Crippen molar-refractivity contribution in [3.8, 4) is 0 Å². The number of nitrogens with one attached hydrogen (secondary N) is 1. The van der Waals surface area contributed by atoms with Crippen LogP contribution in [-0.2, 0) is 20.9 Å². The molecule has 1 N–H and O–H groups in total. The number of ether oxygens (including phenoxy) is 1. The van der Waals surface area contributed by atoms with Crippen molar-refractivity contribution in [3.63, 3.8) is 0 Å². The van der Waals surface area contributed by atoms with Crippen LogP contribution in [0.15, 0.2) is 60.7 Å². The molecule has 0 saturated carbocycles. The molecule has 2 aromatic rings. The van der Waals surface area contributed by atoms with Crippen LogP contribution in [-0.4, -0.2) is 37.0 Å². The molecule has 0 spiro atoms. The largest absolute Gasteiger partial charge is 0.383 e. The van der Waals surface area contributed by atoms with Crippen molar-refractivity contribution in [1.82, 2.24) is 10.2 Å². The molecule has 2 amide bonds. The third-order valence-electron chi connectivity index (χ3n) is 4.25. The number of benzene rings is 2. The smallest absolute Gasteiger partial charge is 0.247 e. The molecule has 27 heavy (non-hydrogen) atoms. The standard InChI is InChI=1S/C22H28N2O3/c1-17(2)22(26)24(16-18-10-6-4-7-11-18)20(19-12-8-5-9-13-19)21(25)23-14-15-27-3/h4-13,17,20H,14-16H2,1-3H3,(H,23,25). The molecule has 0 aliphatic rings. The van der Waals surface area contributed by atoms with Gasteiger partial charge in [-0.1, -0.05) is 74.5 Å². The normalized spacial score (nSPS) is 11.9. The van der Waals surface area contributed by atoms with Gasteiger partial charge in [-0.3, -0.25) is 9.59 Å². The van der Waals surface area contributed by atoms with E-state index >= 15 is 0 Å². The summed E-state index contributed by atoms with van der Waals surface area (Å²) in [5.41, 5.74) is 1.77. The number of methoxy groups -OCH3 is 1. The zero-order valence-electron chi connectivity index (χ0n) is 16.2. The molecule has 2 rings (SSSR count). The van der Waals surface area contributed by atoms with Crippen LogP contribution in [0.5, 0.6) is 0 Å². The van der Waals surface area contributed by atoms with Gasteiger partial charge in [-0.25, -0.2) is 0 Å². The Morgan fingerprint density at radius 3 is 2.15 bits per heavy atom. The van der Waals surface area contributed by atoms with Crippen molar-refractivity contribution in [3.05, 3.63) is 71.8 Å². The Balaban J connectivity index is 2.38. The van der Waals surface area contributed by atoms with Gasteiger partial charge in [-0.2, -0.15) is 0 Å². The first-order valence-electron chi connectivity index (χ1n) is 9.20. The maximum absolute atomic E-state index is 13.0. The molecule has 0 heterocycles. The maximum atomic E-state index is 13.0. The predicted molar refractivity (Wildman–Crippen MR) is 106 cm³/mol. The van der Waals surface area contributed by atoms with Crippen molar-refractivity contribution >= 4 is 11.8 Å².